The maximum absolute atomic E-state index is 12.3. The van der Waals surface area contributed by atoms with E-state index < -0.39 is 0 Å². The molecule has 0 saturated carbocycles. The van der Waals surface area contributed by atoms with Gasteiger partial charge in [-0.15, -0.1) is 0 Å². The lowest BCUT2D eigenvalue weighted by molar-refractivity contribution is 0.0526. The van der Waals surface area contributed by atoms with Crippen LogP contribution in [0.3, 0.4) is 0 Å². The van der Waals surface area contributed by atoms with Crippen LogP contribution in [0.25, 0.3) is 16.7 Å². The Hall–Kier alpha value is -3.37. The van der Waals surface area contributed by atoms with E-state index in [1.807, 2.05) is 35.0 Å². The number of ether oxygens (including phenoxy) is 1. The second-order valence-electron chi connectivity index (χ2n) is 7.83. The SMILES string of the molecule is CCCCc1nc2ccc(C(=O)OCC)cc2n1Cc1ccc(-n2cc(Br)cc2C#N)cc1. The summed E-state index contributed by atoms with van der Waals surface area (Å²) in [6.45, 7) is 4.96. The lowest BCUT2D eigenvalue weighted by atomic mass is 10.1. The largest absolute Gasteiger partial charge is 0.462 e. The predicted octanol–water partition coefficient (Wildman–Crippen LogP) is 6.03. The van der Waals surface area contributed by atoms with Crippen LogP contribution < -0.4 is 0 Å². The van der Waals surface area contributed by atoms with E-state index in [1.165, 1.54) is 0 Å². The molecule has 7 heteroatoms. The Kier molecular flexibility index (Phi) is 6.95. The van der Waals surface area contributed by atoms with Gasteiger partial charge in [0.15, 0.2) is 0 Å². The zero-order valence-electron chi connectivity index (χ0n) is 18.7. The molecule has 0 saturated heterocycles. The van der Waals surface area contributed by atoms with Gasteiger partial charge in [-0.25, -0.2) is 9.78 Å². The second kappa shape index (κ2) is 10.1. The molecule has 0 bridgehead atoms. The molecule has 0 N–H and O–H groups in total. The fourth-order valence-corrected chi connectivity index (χ4v) is 4.31. The Morgan fingerprint density at radius 2 is 1.94 bits per heavy atom. The molecular weight excluding hydrogens is 480 g/mol. The van der Waals surface area contributed by atoms with E-state index in [-0.39, 0.29) is 5.97 Å². The molecule has 2 heterocycles. The molecular formula is C26H25BrN4O2. The quantitative estimate of drug-likeness (QED) is 0.274. The molecule has 0 atom stereocenters. The number of esters is 1. The van der Waals surface area contributed by atoms with Crippen molar-refractivity contribution >= 4 is 32.9 Å². The molecule has 0 aliphatic carbocycles. The van der Waals surface area contributed by atoms with Gasteiger partial charge in [0.1, 0.15) is 17.6 Å². The van der Waals surface area contributed by atoms with E-state index >= 15 is 0 Å². The lowest BCUT2D eigenvalue weighted by Crippen LogP contribution is -2.07. The number of unbranched alkanes of at least 4 members (excludes halogenated alkanes) is 1. The van der Waals surface area contributed by atoms with Crippen LogP contribution in [0.5, 0.6) is 0 Å². The van der Waals surface area contributed by atoms with Gasteiger partial charge >= 0.3 is 5.97 Å². The highest BCUT2D eigenvalue weighted by atomic mass is 79.9. The summed E-state index contributed by atoms with van der Waals surface area (Å²) in [6.07, 6.45) is 4.89. The maximum atomic E-state index is 12.3. The van der Waals surface area contributed by atoms with Crippen molar-refractivity contribution in [1.82, 2.24) is 14.1 Å². The van der Waals surface area contributed by atoms with Crippen LogP contribution in [-0.2, 0) is 17.7 Å². The Balaban J connectivity index is 1.69. The Bertz CT molecular complexity index is 1330. The van der Waals surface area contributed by atoms with Crippen molar-refractivity contribution in [2.75, 3.05) is 6.61 Å². The Morgan fingerprint density at radius 1 is 1.15 bits per heavy atom. The number of carbonyl (C=O) groups excluding carboxylic acids is 1. The van der Waals surface area contributed by atoms with Crippen molar-refractivity contribution < 1.29 is 9.53 Å². The molecule has 6 nitrogen and oxygen atoms in total. The number of hydrogen-bond acceptors (Lipinski definition) is 4. The molecule has 2 aromatic carbocycles. The molecule has 4 rings (SSSR count). The van der Waals surface area contributed by atoms with Crippen LogP contribution >= 0.6 is 15.9 Å². The average molecular weight is 505 g/mol. The van der Waals surface area contributed by atoms with E-state index in [2.05, 4.69) is 45.6 Å². The van der Waals surface area contributed by atoms with Gasteiger partial charge in [0.2, 0.25) is 0 Å². The first-order chi connectivity index (χ1) is 16.0. The van der Waals surface area contributed by atoms with Crippen molar-refractivity contribution in [3.63, 3.8) is 0 Å². The monoisotopic (exact) mass is 504 g/mol. The number of benzene rings is 2. The van der Waals surface area contributed by atoms with E-state index in [1.54, 1.807) is 19.1 Å². The summed E-state index contributed by atoms with van der Waals surface area (Å²) in [7, 11) is 0. The third-order valence-corrected chi connectivity index (χ3v) is 5.98. The highest BCUT2D eigenvalue weighted by Crippen LogP contribution is 2.23. The molecule has 4 aromatic rings. The molecule has 33 heavy (non-hydrogen) atoms. The number of nitrogens with zero attached hydrogens (tertiary/aromatic N) is 4. The highest BCUT2D eigenvalue weighted by Gasteiger charge is 2.15. The first-order valence-electron chi connectivity index (χ1n) is 11.1. The molecule has 2 aromatic heterocycles. The average Bonchev–Trinajstić information content (AvgIpc) is 3.37. The molecule has 0 amide bonds. The van der Waals surface area contributed by atoms with Gasteiger partial charge in [0.25, 0.3) is 0 Å². The summed E-state index contributed by atoms with van der Waals surface area (Å²) >= 11 is 3.44. The molecule has 0 aliphatic heterocycles. The van der Waals surface area contributed by atoms with Gasteiger partial charge in [0, 0.05) is 29.3 Å². The van der Waals surface area contributed by atoms with Gasteiger partial charge in [0.05, 0.1) is 23.2 Å². The smallest absolute Gasteiger partial charge is 0.338 e. The number of halogens is 1. The number of carbonyl (C=O) groups is 1. The lowest BCUT2D eigenvalue weighted by Gasteiger charge is -2.11. The van der Waals surface area contributed by atoms with E-state index in [0.29, 0.717) is 24.4 Å². The van der Waals surface area contributed by atoms with Gasteiger partial charge in [-0.2, -0.15) is 5.26 Å². The zero-order valence-corrected chi connectivity index (χ0v) is 20.3. The fraction of sp³-hybridized carbons (Fsp3) is 0.269. The minimum Gasteiger partial charge on any atom is -0.462 e. The summed E-state index contributed by atoms with van der Waals surface area (Å²) < 4.78 is 10.1. The van der Waals surface area contributed by atoms with E-state index in [9.17, 15) is 10.1 Å². The summed E-state index contributed by atoms with van der Waals surface area (Å²) in [5, 5.41) is 9.38. The topological polar surface area (TPSA) is 72.8 Å². The number of aryl methyl sites for hydroxylation is 1. The number of hydrogen-bond donors (Lipinski definition) is 0. The van der Waals surface area contributed by atoms with Crippen LogP contribution in [0.1, 0.15) is 54.1 Å². The van der Waals surface area contributed by atoms with Crippen LogP contribution in [0, 0.1) is 11.3 Å². The molecule has 0 radical (unpaired) electrons. The minimum absolute atomic E-state index is 0.321. The molecule has 0 aliphatic rings. The van der Waals surface area contributed by atoms with Crippen LogP contribution in [0.4, 0.5) is 0 Å². The first kappa shape index (κ1) is 22.8. The third-order valence-electron chi connectivity index (χ3n) is 5.55. The van der Waals surface area contributed by atoms with Crippen molar-refractivity contribution in [3.05, 3.63) is 81.8 Å². The zero-order chi connectivity index (χ0) is 23.4. The third kappa shape index (κ3) is 4.86. The molecule has 0 unspecified atom stereocenters. The van der Waals surface area contributed by atoms with E-state index in [4.69, 9.17) is 9.72 Å². The number of aromatic nitrogens is 3. The second-order valence-corrected chi connectivity index (χ2v) is 8.75. The minimum atomic E-state index is -0.321. The van der Waals surface area contributed by atoms with Crippen LogP contribution in [0.2, 0.25) is 0 Å². The van der Waals surface area contributed by atoms with Gasteiger partial charge < -0.3 is 13.9 Å². The summed E-state index contributed by atoms with van der Waals surface area (Å²) in [6, 6.07) is 17.7. The molecule has 0 spiro atoms. The van der Waals surface area contributed by atoms with Gasteiger partial charge in [-0.05, 0) is 71.2 Å². The highest BCUT2D eigenvalue weighted by molar-refractivity contribution is 9.10. The maximum Gasteiger partial charge on any atom is 0.338 e. The van der Waals surface area contributed by atoms with Crippen molar-refractivity contribution in [2.45, 2.75) is 39.7 Å². The van der Waals surface area contributed by atoms with E-state index in [0.717, 1.165) is 51.8 Å². The Labute approximate surface area is 201 Å². The summed E-state index contributed by atoms with van der Waals surface area (Å²) in [5.41, 5.74) is 4.95. The summed E-state index contributed by atoms with van der Waals surface area (Å²) in [5.74, 6) is 0.691. The number of imidazole rings is 1. The molecule has 0 fully saturated rings. The summed E-state index contributed by atoms with van der Waals surface area (Å²) in [4.78, 5) is 17.1. The number of fused-ring (bicyclic) bond motifs is 1. The van der Waals surface area contributed by atoms with Gasteiger partial charge in [-0.1, -0.05) is 25.5 Å². The normalized spacial score (nSPS) is 11.0. The van der Waals surface area contributed by atoms with Crippen LogP contribution in [0.15, 0.2) is 59.2 Å². The molecule has 168 valence electrons. The van der Waals surface area contributed by atoms with Gasteiger partial charge in [-0.3, -0.25) is 0 Å². The standard InChI is InChI=1S/C26H25BrN4O2/c1-3-5-6-25-29-23-12-9-19(26(32)33-4-2)13-24(23)31(25)16-18-7-10-21(11-8-18)30-17-20(27)14-22(30)15-28/h7-14,17H,3-6,16H2,1-2H3. The Morgan fingerprint density at radius 3 is 2.64 bits per heavy atom. The van der Waals surface area contributed by atoms with Crippen molar-refractivity contribution in [1.29, 1.82) is 5.26 Å². The number of nitriles is 1. The van der Waals surface area contributed by atoms with Crippen LogP contribution in [-0.4, -0.2) is 26.7 Å². The fourth-order valence-electron chi connectivity index (χ4n) is 3.89. The number of rotatable bonds is 8. The van der Waals surface area contributed by atoms with Crippen molar-refractivity contribution in [2.24, 2.45) is 0 Å². The predicted molar refractivity (Wildman–Crippen MR) is 132 cm³/mol. The van der Waals surface area contributed by atoms with Crippen molar-refractivity contribution in [3.8, 4) is 11.8 Å². The first-order valence-corrected chi connectivity index (χ1v) is 11.9.